The Morgan fingerprint density at radius 3 is 2.72 bits per heavy atom. The quantitative estimate of drug-likeness (QED) is 0.855. The molecule has 2 aromatic heterocycles. The van der Waals surface area contributed by atoms with Crippen molar-refractivity contribution in [2.24, 2.45) is 5.92 Å². The highest BCUT2D eigenvalue weighted by atomic mass is 35.5. The molecular weight excluding hydrogens is 255 g/mol. The van der Waals surface area contributed by atoms with E-state index in [1.54, 1.807) is 12.4 Å². The molecule has 1 saturated carbocycles. The van der Waals surface area contributed by atoms with E-state index in [9.17, 15) is 4.39 Å². The summed E-state index contributed by atoms with van der Waals surface area (Å²) in [5.74, 6) is 0.243. The third-order valence-corrected chi connectivity index (χ3v) is 3.45. The molecule has 0 aromatic carbocycles. The third-order valence-electron chi connectivity index (χ3n) is 3.15. The summed E-state index contributed by atoms with van der Waals surface area (Å²) in [6, 6.07) is 1.86. The Labute approximate surface area is 108 Å². The maximum atomic E-state index is 12.6. The minimum atomic E-state index is -0.312. The van der Waals surface area contributed by atoms with Crippen molar-refractivity contribution in [3.05, 3.63) is 35.5 Å². The number of rotatable bonds is 3. The van der Waals surface area contributed by atoms with Crippen LogP contribution in [0.5, 0.6) is 0 Å². The molecule has 2 aromatic rings. The van der Waals surface area contributed by atoms with Crippen molar-refractivity contribution in [1.82, 2.24) is 20.2 Å². The lowest BCUT2D eigenvalue weighted by molar-refractivity contribution is 0.452. The topological polar surface area (TPSA) is 51.6 Å². The van der Waals surface area contributed by atoms with E-state index in [2.05, 4.69) is 20.2 Å². The first-order chi connectivity index (χ1) is 8.79. The van der Waals surface area contributed by atoms with E-state index in [0.29, 0.717) is 10.8 Å². The van der Waals surface area contributed by atoms with Crippen LogP contribution in [-0.4, -0.2) is 26.8 Å². The standard InChI is InChI=1S/C12H10ClFN4/c13-12-10(9-1-7(9)3-14)2-11(17-18-12)8-4-15-6-16-5-8/h2,4-7,9H,1,3H2/t7-,9+/m0/s1. The van der Waals surface area contributed by atoms with Crippen molar-refractivity contribution >= 4 is 11.6 Å². The Bertz CT molecular complexity index is 563. The summed E-state index contributed by atoms with van der Waals surface area (Å²) in [6.07, 6.45) is 5.60. The van der Waals surface area contributed by atoms with Gasteiger partial charge in [-0.1, -0.05) is 11.6 Å². The normalized spacial score (nSPS) is 21.9. The smallest absolute Gasteiger partial charge is 0.155 e. The van der Waals surface area contributed by atoms with Crippen molar-refractivity contribution in [3.8, 4) is 11.3 Å². The molecule has 92 valence electrons. The van der Waals surface area contributed by atoms with E-state index < -0.39 is 0 Å². The summed E-state index contributed by atoms with van der Waals surface area (Å²) in [5, 5.41) is 8.30. The van der Waals surface area contributed by atoms with Crippen molar-refractivity contribution in [1.29, 1.82) is 0 Å². The Balaban J connectivity index is 1.97. The molecule has 2 atom stereocenters. The molecule has 4 nitrogen and oxygen atoms in total. The number of nitrogens with zero attached hydrogens (tertiary/aromatic N) is 4. The van der Waals surface area contributed by atoms with Gasteiger partial charge in [-0.25, -0.2) is 9.97 Å². The SMILES string of the molecule is FC[C@@H]1C[C@H]1c1cc(-c2cncnc2)nnc1Cl. The van der Waals surface area contributed by atoms with E-state index in [0.717, 1.165) is 17.5 Å². The first-order valence-electron chi connectivity index (χ1n) is 5.64. The molecule has 0 radical (unpaired) electrons. The highest BCUT2D eigenvalue weighted by molar-refractivity contribution is 6.30. The molecular formula is C12H10ClFN4. The zero-order valence-electron chi connectivity index (χ0n) is 9.42. The fraction of sp³-hybridized carbons (Fsp3) is 0.333. The Hall–Kier alpha value is -1.62. The van der Waals surface area contributed by atoms with Crippen LogP contribution in [0.25, 0.3) is 11.3 Å². The van der Waals surface area contributed by atoms with Crippen LogP contribution in [0, 0.1) is 5.92 Å². The molecule has 0 aliphatic heterocycles. The second-order valence-electron chi connectivity index (χ2n) is 4.36. The Morgan fingerprint density at radius 1 is 1.28 bits per heavy atom. The summed E-state index contributed by atoms with van der Waals surface area (Å²) < 4.78 is 12.6. The fourth-order valence-corrected chi connectivity index (χ4v) is 2.26. The number of aromatic nitrogens is 4. The van der Waals surface area contributed by atoms with Gasteiger partial charge in [0.1, 0.15) is 6.33 Å². The molecule has 6 heteroatoms. The minimum absolute atomic E-state index is 0.0755. The Morgan fingerprint density at radius 2 is 2.06 bits per heavy atom. The zero-order chi connectivity index (χ0) is 12.5. The molecule has 0 unspecified atom stereocenters. The van der Waals surface area contributed by atoms with Gasteiger partial charge in [-0.05, 0) is 29.9 Å². The van der Waals surface area contributed by atoms with Crippen LogP contribution in [0.1, 0.15) is 17.9 Å². The van der Waals surface area contributed by atoms with Crippen LogP contribution in [0.2, 0.25) is 5.15 Å². The van der Waals surface area contributed by atoms with E-state index in [-0.39, 0.29) is 18.5 Å². The molecule has 0 bridgehead atoms. The predicted octanol–water partition coefficient (Wildman–Crippen LogP) is 2.66. The number of halogens is 2. The average Bonchev–Trinajstić information content (AvgIpc) is 3.20. The molecule has 1 fully saturated rings. The van der Waals surface area contributed by atoms with Gasteiger partial charge in [-0.2, -0.15) is 0 Å². The summed E-state index contributed by atoms with van der Waals surface area (Å²) >= 11 is 6.01. The first-order valence-corrected chi connectivity index (χ1v) is 6.02. The van der Waals surface area contributed by atoms with Crippen LogP contribution in [0.3, 0.4) is 0 Å². The van der Waals surface area contributed by atoms with Gasteiger partial charge in [-0.15, -0.1) is 10.2 Å². The monoisotopic (exact) mass is 264 g/mol. The van der Waals surface area contributed by atoms with Gasteiger partial charge in [0.15, 0.2) is 5.15 Å². The van der Waals surface area contributed by atoms with Crippen LogP contribution in [0.4, 0.5) is 4.39 Å². The molecule has 18 heavy (non-hydrogen) atoms. The second-order valence-corrected chi connectivity index (χ2v) is 4.72. The van der Waals surface area contributed by atoms with E-state index in [4.69, 9.17) is 11.6 Å². The second kappa shape index (κ2) is 4.57. The maximum Gasteiger partial charge on any atom is 0.155 e. The Kier molecular flexibility index (Phi) is 2.91. The molecule has 1 aliphatic rings. The first kappa shape index (κ1) is 11.5. The predicted molar refractivity (Wildman–Crippen MR) is 64.9 cm³/mol. The van der Waals surface area contributed by atoms with E-state index in [1.807, 2.05) is 6.07 Å². The zero-order valence-corrected chi connectivity index (χ0v) is 10.2. The van der Waals surface area contributed by atoms with E-state index in [1.165, 1.54) is 6.33 Å². The van der Waals surface area contributed by atoms with Crippen molar-refractivity contribution < 1.29 is 4.39 Å². The van der Waals surface area contributed by atoms with Crippen molar-refractivity contribution in [2.45, 2.75) is 12.3 Å². The molecule has 2 heterocycles. The van der Waals surface area contributed by atoms with Gasteiger partial charge in [0.25, 0.3) is 0 Å². The number of hydrogen-bond donors (Lipinski definition) is 0. The minimum Gasteiger partial charge on any atom is -0.251 e. The number of alkyl halides is 1. The van der Waals surface area contributed by atoms with Gasteiger partial charge in [-0.3, -0.25) is 4.39 Å². The highest BCUT2D eigenvalue weighted by Crippen LogP contribution is 2.49. The molecule has 0 amide bonds. The average molecular weight is 265 g/mol. The lowest BCUT2D eigenvalue weighted by Gasteiger charge is -2.04. The molecule has 0 N–H and O–H groups in total. The van der Waals surface area contributed by atoms with E-state index >= 15 is 0 Å². The summed E-state index contributed by atoms with van der Waals surface area (Å²) in [5.41, 5.74) is 2.31. The van der Waals surface area contributed by atoms with Crippen LogP contribution >= 0.6 is 11.6 Å². The van der Waals surface area contributed by atoms with Crippen molar-refractivity contribution in [2.75, 3.05) is 6.67 Å². The fourth-order valence-electron chi connectivity index (χ4n) is 2.02. The third kappa shape index (κ3) is 2.06. The van der Waals surface area contributed by atoms with Gasteiger partial charge in [0.05, 0.1) is 12.4 Å². The molecule has 0 saturated heterocycles. The largest absolute Gasteiger partial charge is 0.251 e. The molecule has 1 aliphatic carbocycles. The van der Waals surface area contributed by atoms with Gasteiger partial charge >= 0.3 is 0 Å². The van der Waals surface area contributed by atoms with Crippen LogP contribution in [-0.2, 0) is 0 Å². The lowest BCUT2D eigenvalue weighted by atomic mass is 10.1. The summed E-state index contributed by atoms with van der Waals surface area (Å²) in [7, 11) is 0. The lowest BCUT2D eigenvalue weighted by Crippen LogP contribution is -1.96. The van der Waals surface area contributed by atoms with Crippen molar-refractivity contribution in [3.63, 3.8) is 0 Å². The molecule has 0 spiro atoms. The molecule has 3 rings (SSSR count). The van der Waals surface area contributed by atoms with Gasteiger partial charge < -0.3 is 0 Å². The van der Waals surface area contributed by atoms with Crippen LogP contribution < -0.4 is 0 Å². The van der Waals surface area contributed by atoms with Gasteiger partial charge in [0, 0.05) is 18.0 Å². The highest BCUT2D eigenvalue weighted by Gasteiger charge is 2.40. The maximum absolute atomic E-state index is 12.6. The van der Waals surface area contributed by atoms with Crippen LogP contribution in [0.15, 0.2) is 24.8 Å². The summed E-state index contributed by atoms with van der Waals surface area (Å²) in [6.45, 7) is -0.312. The number of hydrogen-bond acceptors (Lipinski definition) is 4. The summed E-state index contributed by atoms with van der Waals surface area (Å²) in [4.78, 5) is 7.87. The van der Waals surface area contributed by atoms with Gasteiger partial charge in [0.2, 0.25) is 0 Å².